The topological polar surface area (TPSA) is 82.1 Å². The van der Waals surface area contributed by atoms with Gasteiger partial charge in [-0.15, -0.1) is 12.4 Å². The van der Waals surface area contributed by atoms with Crippen molar-refractivity contribution in [1.29, 1.82) is 0 Å². The fourth-order valence-corrected chi connectivity index (χ4v) is 3.28. The minimum Gasteiger partial charge on any atom is -0.350 e. The maximum absolute atomic E-state index is 12.4. The number of rotatable bonds is 7. The van der Waals surface area contributed by atoms with Crippen molar-refractivity contribution in [2.75, 3.05) is 6.54 Å². The highest BCUT2D eigenvalue weighted by Gasteiger charge is 2.25. The molecule has 1 heterocycles. The molecule has 2 aromatic rings. The number of fused-ring (bicyclic) bond motifs is 1. The van der Waals surface area contributed by atoms with Gasteiger partial charge >= 0.3 is 5.69 Å². The van der Waals surface area contributed by atoms with E-state index in [9.17, 15) is 9.59 Å². The Hall–Kier alpha value is -1.79. The van der Waals surface area contributed by atoms with Crippen LogP contribution in [-0.2, 0) is 18.4 Å². The van der Waals surface area contributed by atoms with E-state index in [1.165, 1.54) is 0 Å². The first-order chi connectivity index (χ1) is 11.3. The third-order valence-electron chi connectivity index (χ3n) is 4.36. The second-order valence-electron chi connectivity index (χ2n) is 7.14. The largest absolute Gasteiger partial charge is 0.350 e. The molecule has 0 fully saturated rings. The van der Waals surface area contributed by atoms with Crippen molar-refractivity contribution in [2.45, 2.75) is 45.7 Å². The number of nitrogens with two attached hydrogens (primary N) is 1. The number of aromatic nitrogens is 2. The molecular formula is C18H29ClN4O2. The molecular weight excluding hydrogens is 340 g/mol. The van der Waals surface area contributed by atoms with Gasteiger partial charge in [0.05, 0.1) is 11.0 Å². The minimum absolute atomic E-state index is 0. The highest BCUT2D eigenvalue weighted by Crippen LogP contribution is 2.16. The maximum atomic E-state index is 12.4. The molecule has 2 rings (SSSR count). The van der Waals surface area contributed by atoms with Crippen LogP contribution in [0.15, 0.2) is 29.1 Å². The van der Waals surface area contributed by atoms with Crippen molar-refractivity contribution in [3.63, 3.8) is 0 Å². The Labute approximate surface area is 154 Å². The Morgan fingerprint density at radius 3 is 2.44 bits per heavy atom. The zero-order chi connectivity index (χ0) is 17.9. The zero-order valence-corrected chi connectivity index (χ0v) is 16.2. The lowest BCUT2D eigenvalue weighted by molar-refractivity contribution is -0.123. The SMILES string of the molecule is CC(C)CC(C)(CN)NC(=O)CCn1c(=O)n(C)c2ccccc21.Cl. The lowest BCUT2D eigenvalue weighted by atomic mass is 9.90. The van der Waals surface area contributed by atoms with E-state index in [0.29, 0.717) is 19.0 Å². The predicted molar refractivity (Wildman–Crippen MR) is 104 cm³/mol. The molecule has 1 atom stereocenters. The lowest BCUT2D eigenvalue weighted by Gasteiger charge is -2.31. The van der Waals surface area contributed by atoms with Crippen LogP contribution in [0.2, 0.25) is 0 Å². The van der Waals surface area contributed by atoms with Gasteiger partial charge in [0.2, 0.25) is 5.91 Å². The summed E-state index contributed by atoms with van der Waals surface area (Å²) in [6, 6.07) is 7.60. The number of halogens is 1. The van der Waals surface area contributed by atoms with Crippen LogP contribution >= 0.6 is 12.4 Å². The van der Waals surface area contributed by atoms with Gasteiger partial charge in [-0.3, -0.25) is 13.9 Å². The van der Waals surface area contributed by atoms with Crippen LogP contribution in [0.25, 0.3) is 11.0 Å². The van der Waals surface area contributed by atoms with E-state index >= 15 is 0 Å². The summed E-state index contributed by atoms with van der Waals surface area (Å²) in [4.78, 5) is 24.7. The van der Waals surface area contributed by atoms with E-state index in [2.05, 4.69) is 19.2 Å². The molecule has 0 aliphatic rings. The fraction of sp³-hybridized carbons (Fsp3) is 0.556. The molecule has 0 radical (unpaired) electrons. The van der Waals surface area contributed by atoms with E-state index in [0.717, 1.165) is 17.5 Å². The number of hydrogen-bond donors (Lipinski definition) is 2. The number of amides is 1. The first-order valence-electron chi connectivity index (χ1n) is 8.43. The van der Waals surface area contributed by atoms with Gasteiger partial charge in [-0.2, -0.15) is 0 Å². The van der Waals surface area contributed by atoms with Crippen LogP contribution in [-0.4, -0.2) is 27.1 Å². The monoisotopic (exact) mass is 368 g/mol. The molecule has 1 aromatic carbocycles. The number of nitrogens with zero attached hydrogens (tertiary/aromatic N) is 2. The highest BCUT2D eigenvalue weighted by molar-refractivity contribution is 5.85. The average molecular weight is 369 g/mol. The van der Waals surface area contributed by atoms with Crippen LogP contribution in [0.1, 0.15) is 33.6 Å². The molecule has 1 aromatic heterocycles. The smallest absolute Gasteiger partial charge is 0.328 e. The van der Waals surface area contributed by atoms with Crippen molar-refractivity contribution in [3.8, 4) is 0 Å². The number of hydrogen-bond acceptors (Lipinski definition) is 3. The molecule has 0 saturated heterocycles. The Bertz CT molecular complexity index is 781. The van der Waals surface area contributed by atoms with E-state index in [1.54, 1.807) is 16.2 Å². The van der Waals surface area contributed by atoms with Crippen molar-refractivity contribution in [3.05, 3.63) is 34.7 Å². The van der Waals surface area contributed by atoms with Crippen LogP contribution in [0.3, 0.4) is 0 Å². The van der Waals surface area contributed by atoms with Gasteiger partial charge in [0, 0.05) is 32.1 Å². The third kappa shape index (κ3) is 4.86. The van der Waals surface area contributed by atoms with Gasteiger partial charge in [0.1, 0.15) is 0 Å². The summed E-state index contributed by atoms with van der Waals surface area (Å²) < 4.78 is 3.26. The summed E-state index contributed by atoms with van der Waals surface area (Å²) in [5.74, 6) is 0.364. The Morgan fingerprint density at radius 2 is 1.88 bits per heavy atom. The molecule has 0 bridgehead atoms. The number of para-hydroxylation sites is 2. The maximum Gasteiger partial charge on any atom is 0.328 e. The molecule has 1 unspecified atom stereocenters. The van der Waals surface area contributed by atoms with Gasteiger partial charge in [-0.1, -0.05) is 26.0 Å². The van der Waals surface area contributed by atoms with Gasteiger partial charge in [0.15, 0.2) is 0 Å². The summed E-state index contributed by atoms with van der Waals surface area (Å²) in [6.07, 6.45) is 1.07. The van der Waals surface area contributed by atoms with Gasteiger partial charge < -0.3 is 11.1 Å². The van der Waals surface area contributed by atoms with E-state index in [4.69, 9.17) is 5.73 Å². The van der Waals surface area contributed by atoms with Gasteiger partial charge in [-0.25, -0.2) is 4.79 Å². The van der Waals surface area contributed by atoms with Crippen molar-refractivity contribution >= 4 is 29.3 Å². The first-order valence-corrected chi connectivity index (χ1v) is 8.43. The third-order valence-corrected chi connectivity index (χ3v) is 4.36. The molecule has 0 aliphatic carbocycles. The number of aryl methyl sites for hydroxylation is 2. The van der Waals surface area contributed by atoms with Gasteiger partial charge in [0.25, 0.3) is 0 Å². The summed E-state index contributed by atoms with van der Waals surface area (Å²) in [6.45, 7) is 6.93. The molecule has 7 heteroatoms. The van der Waals surface area contributed by atoms with E-state index < -0.39 is 5.54 Å². The Kier molecular flexibility index (Phi) is 7.26. The molecule has 3 N–H and O–H groups in total. The van der Waals surface area contributed by atoms with Crippen molar-refractivity contribution < 1.29 is 4.79 Å². The molecule has 25 heavy (non-hydrogen) atoms. The second-order valence-corrected chi connectivity index (χ2v) is 7.14. The normalized spacial score (nSPS) is 13.5. The van der Waals surface area contributed by atoms with Crippen molar-refractivity contribution in [1.82, 2.24) is 14.5 Å². The summed E-state index contributed by atoms with van der Waals surface area (Å²) in [5, 5.41) is 3.03. The molecule has 0 saturated carbocycles. The van der Waals surface area contributed by atoms with Crippen LogP contribution in [0, 0.1) is 5.92 Å². The van der Waals surface area contributed by atoms with Crippen LogP contribution in [0.4, 0.5) is 0 Å². The number of carbonyl (C=O) groups is 1. The predicted octanol–water partition coefficient (Wildman–Crippen LogP) is 2.03. The molecule has 140 valence electrons. The van der Waals surface area contributed by atoms with Crippen LogP contribution in [0.5, 0.6) is 0 Å². The van der Waals surface area contributed by atoms with E-state index in [1.807, 2.05) is 31.2 Å². The second kappa shape index (κ2) is 8.54. The summed E-state index contributed by atoms with van der Waals surface area (Å²) in [5.41, 5.74) is 7.05. The number of imidazole rings is 1. The Morgan fingerprint density at radius 1 is 1.28 bits per heavy atom. The van der Waals surface area contributed by atoms with Gasteiger partial charge in [-0.05, 0) is 31.4 Å². The molecule has 0 spiro atoms. The number of benzene rings is 1. The van der Waals surface area contributed by atoms with Crippen molar-refractivity contribution in [2.24, 2.45) is 18.7 Å². The minimum atomic E-state index is -0.408. The van der Waals surface area contributed by atoms with Crippen LogP contribution < -0.4 is 16.7 Å². The van der Waals surface area contributed by atoms with E-state index in [-0.39, 0.29) is 30.4 Å². The molecule has 1 amide bonds. The molecule has 6 nitrogen and oxygen atoms in total. The lowest BCUT2D eigenvalue weighted by Crippen LogP contribution is -2.52. The average Bonchev–Trinajstić information content (AvgIpc) is 2.76. The quantitative estimate of drug-likeness (QED) is 0.784. The standard InChI is InChI=1S/C18H28N4O2.ClH/c1-13(2)11-18(3,12-19)20-16(23)9-10-22-15-8-6-5-7-14(15)21(4)17(22)24;/h5-8,13H,9-12,19H2,1-4H3,(H,20,23);1H. The summed E-state index contributed by atoms with van der Waals surface area (Å²) in [7, 11) is 1.75. The Balaban J connectivity index is 0.00000312. The highest BCUT2D eigenvalue weighted by atomic mass is 35.5. The fourth-order valence-electron chi connectivity index (χ4n) is 3.28. The number of nitrogens with one attached hydrogen (secondary N) is 1. The molecule has 0 aliphatic heterocycles. The summed E-state index contributed by atoms with van der Waals surface area (Å²) >= 11 is 0. The number of carbonyl (C=O) groups excluding carboxylic acids is 1. The first kappa shape index (κ1) is 21.3. The zero-order valence-electron chi connectivity index (χ0n) is 15.4.